The number of carbonyl (C=O) groups excluding carboxylic acids is 1. The zero-order chi connectivity index (χ0) is 16.5. The lowest BCUT2D eigenvalue weighted by Gasteiger charge is -2.04. The van der Waals surface area contributed by atoms with Crippen LogP contribution in [0.3, 0.4) is 0 Å². The molecule has 1 N–H and O–H groups in total. The van der Waals surface area contributed by atoms with Crippen LogP contribution in [0.2, 0.25) is 0 Å². The number of alkyl carbamates (subject to hydrolysis) is 1. The highest BCUT2D eigenvalue weighted by atomic mass is 19.3. The van der Waals surface area contributed by atoms with E-state index < -0.39 is 12.5 Å². The van der Waals surface area contributed by atoms with Gasteiger partial charge in [0, 0.05) is 11.1 Å². The Labute approximate surface area is 133 Å². The minimum atomic E-state index is -2.58. The van der Waals surface area contributed by atoms with Crippen molar-refractivity contribution in [3.05, 3.63) is 71.3 Å². The molecule has 0 fully saturated rings. The number of hydrogen-bond donors (Lipinski definition) is 1. The monoisotopic (exact) mass is 315 g/mol. The minimum absolute atomic E-state index is 0.0190. The molecule has 23 heavy (non-hydrogen) atoms. The van der Waals surface area contributed by atoms with Gasteiger partial charge in [-0.05, 0) is 11.6 Å². The summed E-state index contributed by atoms with van der Waals surface area (Å²) in [5, 5.41) is 2.45. The largest absolute Gasteiger partial charge is 0.445 e. The quantitative estimate of drug-likeness (QED) is 0.869. The molecule has 0 heterocycles. The van der Waals surface area contributed by atoms with E-state index in [1.807, 2.05) is 30.3 Å². The third kappa shape index (κ3) is 5.44. The summed E-state index contributed by atoms with van der Waals surface area (Å²) in [5.41, 5.74) is 1.01. The molecular weight excluding hydrogens is 300 g/mol. The van der Waals surface area contributed by atoms with Crippen molar-refractivity contribution in [3.8, 4) is 11.8 Å². The standard InChI is InChI=1S/C18H15F2NO2/c19-17(20)16-11-5-4-9-15(16)10-6-12-21-18(22)23-13-14-7-2-1-3-8-14/h1-5,7-9,11,17H,12-13H2,(H,21,22). The summed E-state index contributed by atoms with van der Waals surface area (Å²) >= 11 is 0. The van der Waals surface area contributed by atoms with Gasteiger partial charge in [-0.1, -0.05) is 60.4 Å². The zero-order valence-electron chi connectivity index (χ0n) is 12.3. The number of alkyl halides is 2. The zero-order valence-corrected chi connectivity index (χ0v) is 12.3. The second-order valence-corrected chi connectivity index (χ2v) is 4.61. The van der Waals surface area contributed by atoms with Crippen molar-refractivity contribution < 1.29 is 18.3 Å². The van der Waals surface area contributed by atoms with E-state index in [2.05, 4.69) is 17.2 Å². The molecule has 2 aromatic carbocycles. The number of benzene rings is 2. The number of nitrogens with one attached hydrogen (secondary N) is 1. The topological polar surface area (TPSA) is 38.3 Å². The van der Waals surface area contributed by atoms with Crippen LogP contribution in [-0.2, 0) is 11.3 Å². The van der Waals surface area contributed by atoms with Crippen LogP contribution in [0, 0.1) is 11.8 Å². The van der Waals surface area contributed by atoms with Crippen LogP contribution in [0.4, 0.5) is 13.6 Å². The van der Waals surface area contributed by atoms with E-state index in [1.54, 1.807) is 6.07 Å². The highest BCUT2D eigenvalue weighted by Crippen LogP contribution is 2.21. The van der Waals surface area contributed by atoms with Crippen LogP contribution in [0.5, 0.6) is 0 Å². The maximum absolute atomic E-state index is 12.8. The van der Waals surface area contributed by atoms with E-state index in [0.29, 0.717) is 0 Å². The van der Waals surface area contributed by atoms with Gasteiger partial charge in [-0.25, -0.2) is 13.6 Å². The van der Waals surface area contributed by atoms with Crippen LogP contribution in [0.1, 0.15) is 23.1 Å². The van der Waals surface area contributed by atoms with Crippen molar-refractivity contribution in [2.24, 2.45) is 0 Å². The van der Waals surface area contributed by atoms with Crippen molar-refractivity contribution in [2.45, 2.75) is 13.0 Å². The van der Waals surface area contributed by atoms with Crippen molar-refractivity contribution in [3.63, 3.8) is 0 Å². The normalized spacial score (nSPS) is 9.87. The Bertz CT molecular complexity index is 706. The Kier molecular flexibility index (Phi) is 6.13. The maximum atomic E-state index is 12.8. The molecule has 3 nitrogen and oxygen atoms in total. The van der Waals surface area contributed by atoms with Gasteiger partial charge >= 0.3 is 6.09 Å². The predicted molar refractivity (Wildman–Crippen MR) is 82.9 cm³/mol. The lowest BCUT2D eigenvalue weighted by Crippen LogP contribution is -2.24. The number of hydrogen-bond acceptors (Lipinski definition) is 2. The molecule has 2 aromatic rings. The van der Waals surface area contributed by atoms with E-state index in [9.17, 15) is 13.6 Å². The molecule has 0 aromatic heterocycles. The van der Waals surface area contributed by atoms with Gasteiger partial charge in [-0.15, -0.1) is 0 Å². The molecule has 0 saturated carbocycles. The maximum Gasteiger partial charge on any atom is 0.408 e. The number of amides is 1. The van der Waals surface area contributed by atoms with Gasteiger partial charge in [0.15, 0.2) is 0 Å². The molecule has 0 aliphatic rings. The first-order chi connectivity index (χ1) is 11.2. The summed E-state index contributed by atoms with van der Waals surface area (Å²) in [5.74, 6) is 5.25. The third-order valence-corrected chi connectivity index (χ3v) is 2.95. The fourth-order valence-electron chi connectivity index (χ4n) is 1.83. The average Bonchev–Trinajstić information content (AvgIpc) is 2.58. The van der Waals surface area contributed by atoms with Crippen LogP contribution in [0.25, 0.3) is 0 Å². The molecule has 0 unspecified atom stereocenters. The molecule has 0 atom stereocenters. The molecule has 0 saturated heterocycles. The van der Waals surface area contributed by atoms with E-state index in [4.69, 9.17) is 4.74 Å². The Morgan fingerprint density at radius 3 is 2.52 bits per heavy atom. The third-order valence-electron chi connectivity index (χ3n) is 2.95. The molecule has 0 aliphatic heterocycles. The Balaban J connectivity index is 1.80. The van der Waals surface area contributed by atoms with Gasteiger partial charge < -0.3 is 10.1 Å². The van der Waals surface area contributed by atoms with Gasteiger partial charge in [0.25, 0.3) is 6.43 Å². The molecule has 0 bridgehead atoms. The van der Waals surface area contributed by atoms with Gasteiger partial charge in [0.05, 0.1) is 6.54 Å². The van der Waals surface area contributed by atoms with Crippen LogP contribution < -0.4 is 5.32 Å². The second kappa shape index (κ2) is 8.54. The van der Waals surface area contributed by atoms with Gasteiger partial charge in [-0.3, -0.25) is 0 Å². The Hall–Kier alpha value is -2.87. The van der Waals surface area contributed by atoms with Gasteiger partial charge in [0.1, 0.15) is 6.61 Å². The van der Waals surface area contributed by atoms with Crippen LogP contribution in [0.15, 0.2) is 54.6 Å². The Morgan fingerprint density at radius 1 is 1.09 bits per heavy atom. The Morgan fingerprint density at radius 2 is 1.78 bits per heavy atom. The van der Waals surface area contributed by atoms with E-state index in [1.165, 1.54) is 18.2 Å². The molecule has 118 valence electrons. The summed E-state index contributed by atoms with van der Waals surface area (Å²) in [6.07, 6.45) is -3.19. The predicted octanol–water partition coefficient (Wildman–Crippen LogP) is 3.90. The van der Waals surface area contributed by atoms with Gasteiger partial charge in [0.2, 0.25) is 0 Å². The molecule has 5 heteroatoms. The van der Waals surface area contributed by atoms with Crippen molar-refractivity contribution in [1.29, 1.82) is 0 Å². The molecular formula is C18H15F2NO2. The number of ether oxygens (including phenoxy) is 1. The second-order valence-electron chi connectivity index (χ2n) is 4.61. The fraction of sp³-hybridized carbons (Fsp3) is 0.167. The smallest absolute Gasteiger partial charge is 0.408 e. The summed E-state index contributed by atoms with van der Waals surface area (Å²) < 4.78 is 30.5. The summed E-state index contributed by atoms with van der Waals surface area (Å²) in [4.78, 5) is 11.5. The lowest BCUT2D eigenvalue weighted by molar-refractivity contribution is 0.141. The van der Waals surface area contributed by atoms with Gasteiger partial charge in [-0.2, -0.15) is 0 Å². The first-order valence-electron chi connectivity index (χ1n) is 6.97. The molecule has 0 radical (unpaired) electrons. The van der Waals surface area contributed by atoms with Crippen molar-refractivity contribution in [1.82, 2.24) is 5.32 Å². The SMILES string of the molecule is O=C(NCC#Cc1ccccc1C(F)F)OCc1ccccc1. The number of halogens is 2. The lowest BCUT2D eigenvalue weighted by atomic mass is 10.1. The minimum Gasteiger partial charge on any atom is -0.445 e. The average molecular weight is 315 g/mol. The first-order valence-corrected chi connectivity index (χ1v) is 6.97. The summed E-state index contributed by atoms with van der Waals surface area (Å²) in [6.45, 7) is 0.180. The summed E-state index contributed by atoms with van der Waals surface area (Å²) in [6, 6.07) is 15.3. The number of carbonyl (C=O) groups is 1. The van der Waals surface area contributed by atoms with E-state index in [-0.39, 0.29) is 24.3 Å². The van der Waals surface area contributed by atoms with Crippen molar-refractivity contribution >= 4 is 6.09 Å². The molecule has 0 aliphatic carbocycles. The first kappa shape index (κ1) is 16.5. The van der Waals surface area contributed by atoms with Crippen LogP contribution >= 0.6 is 0 Å². The molecule has 0 spiro atoms. The van der Waals surface area contributed by atoms with Crippen LogP contribution in [-0.4, -0.2) is 12.6 Å². The van der Waals surface area contributed by atoms with Crippen molar-refractivity contribution in [2.75, 3.05) is 6.54 Å². The van der Waals surface area contributed by atoms with E-state index >= 15 is 0 Å². The number of rotatable bonds is 4. The molecule has 1 amide bonds. The fourth-order valence-corrected chi connectivity index (χ4v) is 1.83. The van der Waals surface area contributed by atoms with E-state index in [0.717, 1.165) is 5.56 Å². The summed E-state index contributed by atoms with van der Waals surface area (Å²) in [7, 11) is 0. The highest BCUT2D eigenvalue weighted by molar-refractivity contribution is 5.67. The highest BCUT2D eigenvalue weighted by Gasteiger charge is 2.09. The molecule has 2 rings (SSSR count).